The zero-order chi connectivity index (χ0) is 14.5. The molecule has 110 valence electrons. The van der Waals surface area contributed by atoms with Crippen molar-refractivity contribution < 1.29 is 13.9 Å². The van der Waals surface area contributed by atoms with Gasteiger partial charge in [-0.3, -0.25) is 0 Å². The summed E-state index contributed by atoms with van der Waals surface area (Å²) < 4.78 is 25.8. The highest BCUT2D eigenvalue weighted by molar-refractivity contribution is 6.17. The second-order valence-electron chi connectivity index (χ2n) is 4.52. The van der Waals surface area contributed by atoms with Crippen LogP contribution in [0.4, 0.5) is 4.39 Å². The Bertz CT molecular complexity index is 574. The Hall–Kier alpha value is -1.17. The SMILES string of the molecule is COCC(Cn1c(CCCl)nc2cc(F)ccc21)OC. The summed E-state index contributed by atoms with van der Waals surface area (Å²) in [7, 11) is 3.27. The van der Waals surface area contributed by atoms with Crippen molar-refractivity contribution in [3.05, 3.63) is 29.8 Å². The Labute approximate surface area is 122 Å². The van der Waals surface area contributed by atoms with Crippen LogP contribution in [0.5, 0.6) is 0 Å². The highest BCUT2D eigenvalue weighted by Crippen LogP contribution is 2.19. The molecule has 6 heteroatoms. The average molecular weight is 301 g/mol. The van der Waals surface area contributed by atoms with Gasteiger partial charge in [0.1, 0.15) is 11.6 Å². The van der Waals surface area contributed by atoms with E-state index >= 15 is 0 Å². The summed E-state index contributed by atoms with van der Waals surface area (Å²) in [6.45, 7) is 1.08. The van der Waals surface area contributed by atoms with Crippen molar-refractivity contribution in [3.8, 4) is 0 Å². The van der Waals surface area contributed by atoms with Gasteiger partial charge in [-0.15, -0.1) is 11.6 Å². The molecule has 0 N–H and O–H groups in total. The lowest BCUT2D eigenvalue weighted by Gasteiger charge is -2.17. The van der Waals surface area contributed by atoms with Gasteiger partial charge in [0.15, 0.2) is 0 Å². The minimum atomic E-state index is -0.292. The van der Waals surface area contributed by atoms with Gasteiger partial charge < -0.3 is 14.0 Å². The second-order valence-corrected chi connectivity index (χ2v) is 4.90. The van der Waals surface area contributed by atoms with Crippen LogP contribution in [-0.4, -0.2) is 42.4 Å². The normalized spacial score (nSPS) is 13.0. The van der Waals surface area contributed by atoms with Gasteiger partial charge in [0.25, 0.3) is 0 Å². The first-order valence-corrected chi connectivity index (χ1v) is 6.95. The molecule has 0 spiro atoms. The minimum absolute atomic E-state index is 0.0865. The van der Waals surface area contributed by atoms with Crippen LogP contribution in [0.2, 0.25) is 0 Å². The maximum absolute atomic E-state index is 13.3. The molecule has 0 radical (unpaired) electrons. The van der Waals surface area contributed by atoms with E-state index in [1.807, 2.05) is 4.57 Å². The summed E-state index contributed by atoms with van der Waals surface area (Å²) in [5.74, 6) is 1.01. The third-order valence-corrected chi connectivity index (χ3v) is 3.37. The Morgan fingerprint density at radius 1 is 1.40 bits per heavy atom. The number of alkyl halides is 1. The molecule has 0 aliphatic carbocycles. The standard InChI is InChI=1S/C14H18ClFN2O2/c1-19-9-11(20-2)8-18-13-4-3-10(16)7-12(13)17-14(18)5-6-15/h3-4,7,11H,5-6,8-9H2,1-2H3. The summed E-state index contributed by atoms with van der Waals surface area (Å²) >= 11 is 5.82. The van der Waals surface area contributed by atoms with E-state index in [2.05, 4.69) is 4.98 Å². The van der Waals surface area contributed by atoms with Crippen LogP contribution in [-0.2, 0) is 22.4 Å². The summed E-state index contributed by atoms with van der Waals surface area (Å²) in [5, 5.41) is 0. The number of ether oxygens (including phenoxy) is 2. The number of hydrogen-bond acceptors (Lipinski definition) is 3. The fourth-order valence-corrected chi connectivity index (χ4v) is 2.39. The number of halogens is 2. The first-order chi connectivity index (χ1) is 9.69. The number of benzene rings is 1. The number of fused-ring (bicyclic) bond motifs is 1. The Kier molecular flexibility index (Phi) is 5.34. The van der Waals surface area contributed by atoms with Crippen LogP contribution >= 0.6 is 11.6 Å². The van der Waals surface area contributed by atoms with Gasteiger partial charge in [-0.05, 0) is 12.1 Å². The molecule has 0 saturated heterocycles. The first kappa shape index (κ1) is 15.2. The van der Waals surface area contributed by atoms with Crippen LogP contribution < -0.4 is 0 Å². The van der Waals surface area contributed by atoms with Crippen molar-refractivity contribution in [1.29, 1.82) is 0 Å². The van der Waals surface area contributed by atoms with E-state index in [0.29, 0.717) is 31.0 Å². The van der Waals surface area contributed by atoms with E-state index in [1.165, 1.54) is 12.1 Å². The Morgan fingerprint density at radius 2 is 2.20 bits per heavy atom. The molecule has 2 rings (SSSR count). The second kappa shape index (κ2) is 7.02. The molecule has 1 unspecified atom stereocenters. The smallest absolute Gasteiger partial charge is 0.125 e. The van der Waals surface area contributed by atoms with E-state index in [0.717, 1.165) is 11.3 Å². The zero-order valence-electron chi connectivity index (χ0n) is 11.6. The first-order valence-electron chi connectivity index (χ1n) is 6.42. The van der Waals surface area contributed by atoms with Gasteiger partial charge in [0, 0.05) is 32.6 Å². The van der Waals surface area contributed by atoms with Crippen LogP contribution in [0.15, 0.2) is 18.2 Å². The van der Waals surface area contributed by atoms with Crippen LogP contribution in [0.25, 0.3) is 11.0 Å². The van der Waals surface area contributed by atoms with E-state index in [4.69, 9.17) is 21.1 Å². The predicted molar refractivity (Wildman–Crippen MR) is 76.8 cm³/mol. The van der Waals surface area contributed by atoms with E-state index in [1.54, 1.807) is 20.3 Å². The molecule has 1 atom stereocenters. The molecule has 0 bridgehead atoms. The van der Waals surface area contributed by atoms with E-state index in [9.17, 15) is 4.39 Å². The minimum Gasteiger partial charge on any atom is -0.382 e. The summed E-state index contributed by atoms with van der Waals surface area (Å²) in [5.41, 5.74) is 1.52. The topological polar surface area (TPSA) is 36.3 Å². The number of aromatic nitrogens is 2. The van der Waals surface area contributed by atoms with Crippen molar-refractivity contribution in [2.45, 2.75) is 19.1 Å². The van der Waals surface area contributed by atoms with Gasteiger partial charge in [-0.1, -0.05) is 0 Å². The molecule has 1 aromatic heterocycles. The molecule has 1 aromatic carbocycles. The number of hydrogen-bond donors (Lipinski definition) is 0. The predicted octanol–water partition coefficient (Wildman–Crippen LogP) is 2.62. The molecule has 0 fully saturated rings. The maximum atomic E-state index is 13.3. The highest BCUT2D eigenvalue weighted by Gasteiger charge is 2.15. The molecular formula is C14H18ClFN2O2. The van der Waals surface area contributed by atoms with Crippen LogP contribution in [0.3, 0.4) is 0 Å². The lowest BCUT2D eigenvalue weighted by atomic mass is 10.3. The number of rotatable bonds is 7. The molecule has 2 aromatic rings. The molecule has 0 saturated carbocycles. The quantitative estimate of drug-likeness (QED) is 0.738. The molecule has 1 heterocycles. The highest BCUT2D eigenvalue weighted by atomic mass is 35.5. The van der Waals surface area contributed by atoms with Crippen molar-refractivity contribution in [3.63, 3.8) is 0 Å². The summed E-state index contributed by atoms with van der Waals surface area (Å²) in [6.07, 6.45) is 0.540. The molecule has 0 aliphatic heterocycles. The van der Waals surface area contributed by atoms with Gasteiger partial charge in [-0.2, -0.15) is 0 Å². The lowest BCUT2D eigenvalue weighted by molar-refractivity contribution is 0.0186. The third-order valence-electron chi connectivity index (χ3n) is 3.18. The number of aryl methyl sites for hydroxylation is 1. The van der Waals surface area contributed by atoms with Crippen molar-refractivity contribution in [2.75, 3.05) is 26.7 Å². The zero-order valence-corrected chi connectivity index (χ0v) is 12.4. The average Bonchev–Trinajstić information content (AvgIpc) is 2.75. The monoisotopic (exact) mass is 300 g/mol. The van der Waals surface area contributed by atoms with Gasteiger partial charge in [0.05, 0.1) is 30.3 Å². The Morgan fingerprint density at radius 3 is 2.85 bits per heavy atom. The Balaban J connectivity index is 2.39. The fraction of sp³-hybridized carbons (Fsp3) is 0.500. The van der Waals surface area contributed by atoms with Crippen molar-refractivity contribution in [1.82, 2.24) is 9.55 Å². The van der Waals surface area contributed by atoms with Crippen molar-refractivity contribution >= 4 is 22.6 Å². The molecular weight excluding hydrogens is 283 g/mol. The third kappa shape index (κ3) is 3.29. The van der Waals surface area contributed by atoms with Gasteiger partial charge in [0.2, 0.25) is 0 Å². The lowest BCUT2D eigenvalue weighted by Crippen LogP contribution is -2.24. The fourth-order valence-electron chi connectivity index (χ4n) is 2.22. The number of nitrogens with zero attached hydrogens (tertiary/aromatic N) is 2. The molecule has 4 nitrogen and oxygen atoms in total. The molecule has 0 aliphatic rings. The van der Waals surface area contributed by atoms with Gasteiger partial charge >= 0.3 is 0 Å². The summed E-state index contributed by atoms with van der Waals surface area (Å²) in [4.78, 5) is 4.45. The van der Waals surface area contributed by atoms with E-state index in [-0.39, 0.29) is 11.9 Å². The molecule has 0 amide bonds. The van der Waals surface area contributed by atoms with Crippen molar-refractivity contribution in [2.24, 2.45) is 0 Å². The number of imidazole rings is 1. The largest absolute Gasteiger partial charge is 0.382 e. The van der Waals surface area contributed by atoms with Crippen LogP contribution in [0.1, 0.15) is 5.82 Å². The van der Waals surface area contributed by atoms with Gasteiger partial charge in [-0.25, -0.2) is 9.37 Å². The van der Waals surface area contributed by atoms with E-state index < -0.39 is 0 Å². The molecule has 20 heavy (non-hydrogen) atoms. The maximum Gasteiger partial charge on any atom is 0.125 e. The summed E-state index contributed by atoms with van der Waals surface area (Å²) in [6, 6.07) is 4.60. The van der Waals surface area contributed by atoms with Crippen LogP contribution in [0, 0.1) is 5.82 Å². The number of methoxy groups -OCH3 is 2.